The summed E-state index contributed by atoms with van der Waals surface area (Å²) in [6.07, 6.45) is 2.90. The SMILES string of the molecule is CCCCC(c1ccccc1C)C(OB(O)O)(c1ccccc1C)c1ccccc1C. The molecule has 0 aliphatic heterocycles. The van der Waals surface area contributed by atoms with Gasteiger partial charge in [-0.25, -0.2) is 0 Å². The number of hydrogen-bond donors (Lipinski definition) is 2. The summed E-state index contributed by atoms with van der Waals surface area (Å²) in [7, 11) is -1.91. The van der Waals surface area contributed by atoms with E-state index < -0.39 is 12.9 Å². The third-order valence-electron chi connectivity index (χ3n) is 6.28. The van der Waals surface area contributed by atoms with Gasteiger partial charge in [0.2, 0.25) is 0 Å². The first kappa shape index (κ1) is 23.3. The fourth-order valence-corrected chi connectivity index (χ4v) is 4.84. The average Bonchev–Trinajstić information content (AvgIpc) is 2.74. The Balaban J connectivity index is 2.43. The van der Waals surface area contributed by atoms with Crippen LogP contribution in [0.2, 0.25) is 0 Å². The summed E-state index contributed by atoms with van der Waals surface area (Å²) in [5.74, 6) is -0.0994. The first-order chi connectivity index (χ1) is 14.9. The van der Waals surface area contributed by atoms with Crippen LogP contribution in [0.15, 0.2) is 72.8 Å². The van der Waals surface area contributed by atoms with Gasteiger partial charge in [-0.1, -0.05) is 92.6 Å². The molecule has 0 aromatic heterocycles. The predicted molar refractivity (Wildman–Crippen MR) is 128 cm³/mol. The van der Waals surface area contributed by atoms with Gasteiger partial charge < -0.3 is 14.7 Å². The van der Waals surface area contributed by atoms with Crippen molar-refractivity contribution in [3.05, 3.63) is 106 Å². The molecule has 0 spiro atoms. The number of benzene rings is 3. The Hall–Kier alpha value is -2.40. The average molecular weight is 416 g/mol. The van der Waals surface area contributed by atoms with Crippen molar-refractivity contribution in [3.8, 4) is 0 Å². The van der Waals surface area contributed by atoms with Crippen LogP contribution < -0.4 is 0 Å². The van der Waals surface area contributed by atoms with Crippen LogP contribution in [0.3, 0.4) is 0 Å². The molecule has 0 saturated carbocycles. The van der Waals surface area contributed by atoms with Gasteiger partial charge in [0.25, 0.3) is 0 Å². The fraction of sp³-hybridized carbons (Fsp3) is 0.333. The molecule has 3 nitrogen and oxygen atoms in total. The van der Waals surface area contributed by atoms with Crippen molar-refractivity contribution in [3.63, 3.8) is 0 Å². The van der Waals surface area contributed by atoms with Gasteiger partial charge >= 0.3 is 7.32 Å². The fourth-order valence-electron chi connectivity index (χ4n) is 4.84. The molecule has 1 unspecified atom stereocenters. The van der Waals surface area contributed by atoms with E-state index in [0.29, 0.717) is 0 Å². The van der Waals surface area contributed by atoms with Gasteiger partial charge in [0.1, 0.15) is 5.60 Å². The summed E-state index contributed by atoms with van der Waals surface area (Å²) in [5.41, 5.74) is 5.33. The second kappa shape index (κ2) is 10.3. The molecule has 0 fully saturated rings. The molecule has 0 aliphatic carbocycles. The number of unbranched alkanes of at least 4 members (excludes halogenated alkanes) is 1. The molecule has 0 aliphatic rings. The van der Waals surface area contributed by atoms with Crippen LogP contribution in [0.4, 0.5) is 0 Å². The smallest absolute Gasteiger partial charge is 0.402 e. The molecule has 2 N–H and O–H groups in total. The topological polar surface area (TPSA) is 49.7 Å². The van der Waals surface area contributed by atoms with Gasteiger partial charge in [-0.3, -0.25) is 0 Å². The summed E-state index contributed by atoms with van der Waals surface area (Å²) < 4.78 is 6.25. The Bertz CT molecular complexity index is 954. The van der Waals surface area contributed by atoms with Crippen LogP contribution >= 0.6 is 0 Å². The van der Waals surface area contributed by atoms with Crippen LogP contribution in [0, 0.1) is 20.8 Å². The first-order valence-corrected chi connectivity index (χ1v) is 11.1. The Morgan fingerprint density at radius 1 is 0.774 bits per heavy atom. The summed E-state index contributed by atoms with van der Waals surface area (Å²) in [5, 5.41) is 20.4. The minimum Gasteiger partial charge on any atom is -0.402 e. The van der Waals surface area contributed by atoms with Crippen molar-refractivity contribution in [2.45, 2.75) is 58.5 Å². The summed E-state index contributed by atoms with van der Waals surface area (Å²) >= 11 is 0. The van der Waals surface area contributed by atoms with Crippen molar-refractivity contribution in [2.24, 2.45) is 0 Å². The second-order valence-corrected chi connectivity index (χ2v) is 8.36. The van der Waals surface area contributed by atoms with Gasteiger partial charge in [-0.15, -0.1) is 0 Å². The number of aryl methyl sites for hydroxylation is 3. The molecule has 0 radical (unpaired) electrons. The number of rotatable bonds is 9. The highest BCUT2D eigenvalue weighted by Gasteiger charge is 2.47. The van der Waals surface area contributed by atoms with E-state index in [1.165, 1.54) is 11.1 Å². The molecule has 3 aromatic carbocycles. The Labute approximate surface area is 186 Å². The van der Waals surface area contributed by atoms with Crippen molar-refractivity contribution < 1.29 is 14.7 Å². The van der Waals surface area contributed by atoms with Crippen LogP contribution in [-0.2, 0) is 10.3 Å². The van der Waals surface area contributed by atoms with E-state index in [1.807, 2.05) is 30.3 Å². The van der Waals surface area contributed by atoms with Crippen molar-refractivity contribution in [1.29, 1.82) is 0 Å². The lowest BCUT2D eigenvalue weighted by Gasteiger charge is -2.44. The van der Waals surface area contributed by atoms with Crippen molar-refractivity contribution in [2.75, 3.05) is 0 Å². The molecule has 4 heteroatoms. The first-order valence-electron chi connectivity index (χ1n) is 11.1. The summed E-state index contributed by atoms with van der Waals surface area (Å²) in [6.45, 7) is 8.42. The zero-order valence-corrected chi connectivity index (χ0v) is 19.0. The van der Waals surface area contributed by atoms with Gasteiger partial charge in [0.05, 0.1) is 0 Å². The molecule has 0 bridgehead atoms. The zero-order valence-electron chi connectivity index (χ0n) is 19.0. The lowest BCUT2D eigenvalue weighted by Crippen LogP contribution is -2.44. The molecule has 162 valence electrons. The highest BCUT2D eigenvalue weighted by atomic mass is 16.6. The summed E-state index contributed by atoms with van der Waals surface area (Å²) in [4.78, 5) is 0. The molecule has 1 atom stereocenters. The predicted octanol–water partition coefficient (Wildman–Crippen LogP) is 5.82. The third-order valence-corrected chi connectivity index (χ3v) is 6.28. The molecule has 3 aromatic rings. The van der Waals surface area contributed by atoms with Gasteiger partial charge in [0, 0.05) is 5.92 Å². The highest BCUT2D eigenvalue weighted by Crippen LogP contribution is 2.50. The monoisotopic (exact) mass is 416 g/mol. The maximum absolute atomic E-state index is 10.2. The summed E-state index contributed by atoms with van der Waals surface area (Å²) in [6, 6.07) is 24.6. The highest BCUT2D eigenvalue weighted by molar-refractivity contribution is 6.33. The van der Waals surface area contributed by atoms with Gasteiger partial charge in [-0.2, -0.15) is 0 Å². The Morgan fingerprint density at radius 2 is 1.26 bits per heavy atom. The van der Waals surface area contributed by atoms with Crippen LogP contribution in [0.25, 0.3) is 0 Å². The van der Waals surface area contributed by atoms with E-state index in [-0.39, 0.29) is 5.92 Å². The molecule has 0 saturated heterocycles. The van der Waals surface area contributed by atoms with Gasteiger partial charge in [0.15, 0.2) is 0 Å². The molecular weight excluding hydrogens is 383 g/mol. The van der Waals surface area contributed by atoms with Crippen LogP contribution in [-0.4, -0.2) is 17.4 Å². The molecule has 0 amide bonds. The molecule has 31 heavy (non-hydrogen) atoms. The lowest BCUT2D eigenvalue weighted by atomic mass is 9.67. The third kappa shape index (κ3) is 4.77. The zero-order chi connectivity index (χ0) is 22.4. The van der Waals surface area contributed by atoms with E-state index >= 15 is 0 Å². The van der Waals surface area contributed by atoms with Crippen molar-refractivity contribution in [1.82, 2.24) is 0 Å². The Kier molecular flexibility index (Phi) is 7.71. The Morgan fingerprint density at radius 3 is 1.71 bits per heavy atom. The maximum atomic E-state index is 10.2. The maximum Gasteiger partial charge on any atom is 0.634 e. The quantitative estimate of drug-likeness (QED) is 0.433. The molecular formula is C27H33BO3. The van der Waals surface area contributed by atoms with E-state index in [9.17, 15) is 10.0 Å². The van der Waals surface area contributed by atoms with E-state index in [1.54, 1.807) is 0 Å². The van der Waals surface area contributed by atoms with Crippen molar-refractivity contribution >= 4 is 7.32 Å². The number of hydrogen-bond acceptors (Lipinski definition) is 3. The second-order valence-electron chi connectivity index (χ2n) is 8.36. The van der Waals surface area contributed by atoms with E-state index in [2.05, 4.69) is 70.2 Å². The lowest BCUT2D eigenvalue weighted by molar-refractivity contribution is 0.0212. The van der Waals surface area contributed by atoms with Gasteiger partial charge in [-0.05, 0) is 60.6 Å². The minimum absolute atomic E-state index is 0.0994. The normalized spacial score (nSPS) is 12.6. The molecule has 0 heterocycles. The van der Waals surface area contributed by atoms with E-state index in [4.69, 9.17) is 4.65 Å². The van der Waals surface area contributed by atoms with E-state index in [0.717, 1.165) is 41.5 Å². The standard InChI is InChI=1S/C27H33BO3/c1-5-6-17-26(23-16-10-7-13-20(23)2)27(31-28(29)30,24-18-11-8-14-21(24)3)25-19-12-9-15-22(25)4/h7-16,18-19,26,29-30H,5-6,17H2,1-4H3. The minimum atomic E-state index is -1.91. The van der Waals surface area contributed by atoms with Crippen LogP contribution in [0.5, 0.6) is 0 Å². The largest absolute Gasteiger partial charge is 0.634 e. The van der Waals surface area contributed by atoms with Crippen LogP contribution in [0.1, 0.15) is 65.5 Å². The molecule has 3 rings (SSSR count).